The van der Waals surface area contributed by atoms with E-state index in [-0.39, 0.29) is 16.2 Å². The molecular formula is C17H15ClN2O4S. The molecule has 0 saturated carbocycles. The topological polar surface area (TPSA) is 76.7 Å². The van der Waals surface area contributed by atoms with Gasteiger partial charge in [-0.1, -0.05) is 11.6 Å². The molecule has 0 fully saturated rings. The zero-order valence-corrected chi connectivity index (χ0v) is 15.0. The number of esters is 2. The van der Waals surface area contributed by atoms with Crippen molar-refractivity contribution >= 4 is 52.2 Å². The number of hydrogen-bond donors (Lipinski definition) is 2. The number of methoxy groups -OCH3 is 2. The van der Waals surface area contributed by atoms with E-state index in [0.717, 1.165) is 0 Å². The molecule has 0 aliphatic heterocycles. The summed E-state index contributed by atoms with van der Waals surface area (Å²) in [7, 11) is 2.54. The number of thiocarbonyl (C=S) groups is 1. The van der Waals surface area contributed by atoms with Gasteiger partial charge >= 0.3 is 11.9 Å². The molecule has 0 aromatic heterocycles. The molecule has 0 radical (unpaired) electrons. The summed E-state index contributed by atoms with van der Waals surface area (Å²) < 4.78 is 9.43. The van der Waals surface area contributed by atoms with E-state index in [0.29, 0.717) is 16.4 Å². The summed E-state index contributed by atoms with van der Waals surface area (Å²) in [5.74, 6) is -1.09. The number of carbonyl (C=O) groups is 2. The minimum Gasteiger partial charge on any atom is -0.465 e. The van der Waals surface area contributed by atoms with Gasteiger partial charge in [-0.25, -0.2) is 9.59 Å². The van der Waals surface area contributed by atoms with Gasteiger partial charge in [-0.2, -0.15) is 0 Å². The summed E-state index contributed by atoms with van der Waals surface area (Å²) in [5.41, 5.74) is 1.54. The number of rotatable bonds is 4. The molecule has 2 aromatic carbocycles. The fourth-order valence-corrected chi connectivity index (χ4v) is 2.35. The van der Waals surface area contributed by atoms with Crippen LogP contribution in [-0.4, -0.2) is 31.3 Å². The lowest BCUT2D eigenvalue weighted by atomic mass is 10.1. The summed E-state index contributed by atoms with van der Waals surface area (Å²) in [6.45, 7) is 0. The maximum Gasteiger partial charge on any atom is 0.339 e. The molecule has 130 valence electrons. The van der Waals surface area contributed by atoms with Crippen molar-refractivity contribution in [2.24, 2.45) is 0 Å². The van der Waals surface area contributed by atoms with E-state index >= 15 is 0 Å². The van der Waals surface area contributed by atoms with E-state index in [1.165, 1.54) is 32.4 Å². The second-order valence-corrected chi connectivity index (χ2v) is 5.67. The van der Waals surface area contributed by atoms with E-state index in [9.17, 15) is 9.59 Å². The molecule has 0 heterocycles. The highest BCUT2D eigenvalue weighted by atomic mass is 35.5. The van der Waals surface area contributed by atoms with Gasteiger partial charge in [0.15, 0.2) is 5.11 Å². The van der Waals surface area contributed by atoms with Crippen LogP contribution in [-0.2, 0) is 9.47 Å². The Labute approximate surface area is 155 Å². The summed E-state index contributed by atoms with van der Waals surface area (Å²) in [5, 5.41) is 6.68. The Bertz CT molecular complexity index is 809. The van der Waals surface area contributed by atoms with Crippen molar-refractivity contribution < 1.29 is 19.1 Å². The summed E-state index contributed by atoms with van der Waals surface area (Å²) in [4.78, 5) is 23.6. The maximum atomic E-state index is 11.9. The minimum absolute atomic E-state index is 0.231. The molecule has 2 rings (SSSR count). The molecule has 0 bridgehead atoms. The summed E-state index contributed by atoms with van der Waals surface area (Å²) in [6.07, 6.45) is 0. The van der Waals surface area contributed by atoms with Gasteiger partial charge in [-0.3, -0.25) is 0 Å². The van der Waals surface area contributed by atoms with E-state index in [1.54, 1.807) is 24.3 Å². The van der Waals surface area contributed by atoms with Crippen molar-refractivity contribution in [3.8, 4) is 0 Å². The Morgan fingerprint density at radius 3 is 2.20 bits per heavy atom. The number of anilines is 2. The highest BCUT2D eigenvalue weighted by Crippen LogP contribution is 2.21. The minimum atomic E-state index is -0.562. The van der Waals surface area contributed by atoms with Crippen LogP contribution in [0.3, 0.4) is 0 Å². The van der Waals surface area contributed by atoms with Gasteiger partial charge in [0.2, 0.25) is 0 Å². The van der Waals surface area contributed by atoms with Crippen molar-refractivity contribution in [3.63, 3.8) is 0 Å². The van der Waals surface area contributed by atoms with Crippen LogP contribution in [0.5, 0.6) is 0 Å². The largest absolute Gasteiger partial charge is 0.465 e. The fourth-order valence-electron chi connectivity index (χ4n) is 2.00. The average Bonchev–Trinajstić information content (AvgIpc) is 2.62. The summed E-state index contributed by atoms with van der Waals surface area (Å²) >= 11 is 11.1. The molecule has 25 heavy (non-hydrogen) atoms. The Morgan fingerprint density at radius 1 is 0.960 bits per heavy atom. The van der Waals surface area contributed by atoms with Crippen LogP contribution >= 0.6 is 23.8 Å². The molecule has 0 aliphatic carbocycles. The second kappa shape index (κ2) is 8.46. The SMILES string of the molecule is COC(=O)c1ccc(C(=O)OC)c(NC(=S)Nc2ccc(Cl)cc2)c1. The lowest BCUT2D eigenvalue weighted by Gasteiger charge is -2.14. The Morgan fingerprint density at radius 2 is 1.60 bits per heavy atom. The van der Waals surface area contributed by atoms with Gasteiger partial charge in [0.1, 0.15) is 0 Å². The number of benzene rings is 2. The maximum absolute atomic E-state index is 11.9. The first kappa shape index (κ1) is 18.7. The van der Waals surface area contributed by atoms with Gasteiger partial charge in [0.05, 0.1) is 31.0 Å². The van der Waals surface area contributed by atoms with Gasteiger partial charge in [0.25, 0.3) is 0 Å². The van der Waals surface area contributed by atoms with Gasteiger partial charge < -0.3 is 20.1 Å². The monoisotopic (exact) mass is 378 g/mol. The molecule has 6 nitrogen and oxygen atoms in total. The van der Waals surface area contributed by atoms with Crippen molar-refractivity contribution in [2.45, 2.75) is 0 Å². The van der Waals surface area contributed by atoms with Crippen LogP contribution in [0.4, 0.5) is 11.4 Å². The third-order valence-corrected chi connectivity index (χ3v) is 3.65. The van der Waals surface area contributed by atoms with Crippen LogP contribution in [0.15, 0.2) is 42.5 Å². The molecule has 0 atom stereocenters. The van der Waals surface area contributed by atoms with Crippen molar-refractivity contribution in [3.05, 3.63) is 58.6 Å². The fraction of sp³-hybridized carbons (Fsp3) is 0.118. The standard InChI is InChI=1S/C17H15ClN2O4S/c1-23-15(21)10-3-8-13(16(22)24-2)14(9-10)20-17(25)19-12-6-4-11(18)5-7-12/h3-9H,1-2H3,(H2,19,20,25). The number of halogens is 1. The lowest BCUT2D eigenvalue weighted by molar-refractivity contribution is 0.0587. The van der Waals surface area contributed by atoms with Gasteiger partial charge in [-0.05, 0) is 54.7 Å². The molecule has 0 aliphatic rings. The van der Waals surface area contributed by atoms with Gasteiger partial charge in [-0.15, -0.1) is 0 Å². The number of carbonyl (C=O) groups excluding carboxylic acids is 2. The predicted molar refractivity (Wildman–Crippen MR) is 100 cm³/mol. The molecular weight excluding hydrogens is 364 g/mol. The Balaban J connectivity index is 2.25. The molecule has 2 aromatic rings. The average molecular weight is 379 g/mol. The van der Waals surface area contributed by atoms with Crippen molar-refractivity contribution in [1.29, 1.82) is 0 Å². The van der Waals surface area contributed by atoms with Crippen LogP contribution in [0.2, 0.25) is 5.02 Å². The predicted octanol–water partition coefficient (Wildman–Crippen LogP) is 3.72. The zero-order chi connectivity index (χ0) is 18.4. The molecule has 0 amide bonds. The first-order valence-corrected chi connectivity index (χ1v) is 7.87. The lowest BCUT2D eigenvalue weighted by Crippen LogP contribution is -2.21. The van der Waals surface area contributed by atoms with Crippen molar-refractivity contribution in [2.75, 3.05) is 24.9 Å². The Kier molecular flexibility index (Phi) is 6.32. The van der Waals surface area contributed by atoms with Crippen LogP contribution in [0.25, 0.3) is 0 Å². The smallest absolute Gasteiger partial charge is 0.339 e. The van der Waals surface area contributed by atoms with E-state index in [1.807, 2.05) is 0 Å². The third-order valence-electron chi connectivity index (χ3n) is 3.20. The summed E-state index contributed by atoms with van der Waals surface area (Å²) in [6, 6.07) is 11.3. The van der Waals surface area contributed by atoms with Crippen LogP contribution < -0.4 is 10.6 Å². The molecule has 0 spiro atoms. The van der Waals surface area contributed by atoms with Crippen LogP contribution in [0.1, 0.15) is 20.7 Å². The normalized spacial score (nSPS) is 9.88. The Hall–Kier alpha value is -2.64. The number of ether oxygens (including phenoxy) is 2. The molecule has 8 heteroatoms. The van der Waals surface area contributed by atoms with Crippen molar-refractivity contribution in [1.82, 2.24) is 0 Å². The van der Waals surface area contributed by atoms with E-state index < -0.39 is 11.9 Å². The first-order valence-electron chi connectivity index (χ1n) is 7.09. The zero-order valence-electron chi connectivity index (χ0n) is 13.5. The highest BCUT2D eigenvalue weighted by molar-refractivity contribution is 7.80. The second-order valence-electron chi connectivity index (χ2n) is 4.83. The van der Waals surface area contributed by atoms with Crippen LogP contribution in [0, 0.1) is 0 Å². The number of nitrogens with one attached hydrogen (secondary N) is 2. The third kappa shape index (κ3) is 4.91. The first-order chi connectivity index (χ1) is 11.9. The highest BCUT2D eigenvalue weighted by Gasteiger charge is 2.16. The van der Waals surface area contributed by atoms with E-state index in [2.05, 4.69) is 15.4 Å². The molecule has 2 N–H and O–H groups in total. The molecule has 0 unspecified atom stereocenters. The van der Waals surface area contributed by atoms with Gasteiger partial charge in [0, 0.05) is 10.7 Å². The number of hydrogen-bond acceptors (Lipinski definition) is 5. The molecule has 0 saturated heterocycles. The quantitative estimate of drug-likeness (QED) is 0.620. The van der Waals surface area contributed by atoms with E-state index in [4.69, 9.17) is 28.6 Å².